The molecule has 3 fully saturated rings. The van der Waals surface area contributed by atoms with Crippen LogP contribution in [0, 0.1) is 34.5 Å². The maximum Gasteiger partial charge on any atom is 0.457 e. The van der Waals surface area contributed by atoms with E-state index in [2.05, 4.69) is 35.1 Å². The molecule has 0 spiro atoms. The molecule has 0 N–H and O–H groups in total. The zero-order chi connectivity index (χ0) is 31.3. The quantitative estimate of drug-likeness (QED) is 0.261. The van der Waals surface area contributed by atoms with Gasteiger partial charge in [-0.25, -0.2) is 0 Å². The molecule has 0 radical (unpaired) electrons. The van der Waals surface area contributed by atoms with Crippen molar-refractivity contribution >= 4 is 23.2 Å². The van der Waals surface area contributed by atoms with Crippen molar-refractivity contribution in [3.05, 3.63) is 52.6 Å². The third-order valence-corrected chi connectivity index (χ3v) is 11.2. The van der Waals surface area contributed by atoms with E-state index in [9.17, 15) is 27.6 Å². The number of esters is 1. The summed E-state index contributed by atoms with van der Waals surface area (Å²) in [7, 11) is 0. The van der Waals surface area contributed by atoms with Gasteiger partial charge in [-0.1, -0.05) is 30.6 Å². The lowest BCUT2D eigenvalue weighted by Crippen LogP contribution is -2.51. The summed E-state index contributed by atoms with van der Waals surface area (Å²) < 4.78 is 45.9. The number of alkyl halides is 3. The second-order valence-electron chi connectivity index (χ2n) is 13.5. The molecule has 1 aromatic rings. The smallest absolute Gasteiger partial charge is 0.457 e. The number of carbonyl (C=O) groups excluding carboxylic acids is 3. The first-order chi connectivity index (χ1) is 20.9. The highest BCUT2D eigenvalue weighted by Gasteiger charge is 2.65. The highest BCUT2D eigenvalue weighted by Crippen LogP contribution is 2.69. The van der Waals surface area contributed by atoms with Gasteiger partial charge in [-0.2, -0.15) is 13.2 Å². The summed E-state index contributed by atoms with van der Waals surface area (Å²) in [5.41, 5.74) is 3.40. The number of hydrogen-bond donors (Lipinski definition) is 0. The third kappa shape index (κ3) is 5.41. The van der Waals surface area contributed by atoms with Gasteiger partial charge in [0.05, 0.1) is 5.41 Å². The van der Waals surface area contributed by atoms with Crippen molar-refractivity contribution in [1.82, 2.24) is 0 Å². The van der Waals surface area contributed by atoms with Crippen molar-refractivity contribution in [2.75, 3.05) is 24.6 Å². The Bertz CT molecular complexity index is 1470. The van der Waals surface area contributed by atoms with Crippen LogP contribution in [0.25, 0.3) is 0 Å². The Balaban J connectivity index is 1.47. The van der Waals surface area contributed by atoms with Crippen LogP contribution in [-0.4, -0.2) is 43.4 Å². The number of ether oxygens (including phenoxy) is 1. The van der Waals surface area contributed by atoms with Crippen LogP contribution in [0.5, 0.6) is 0 Å². The molecule has 5 nitrogen and oxygen atoms in total. The molecule has 5 aliphatic rings. The molecule has 1 unspecified atom stereocenters. The molecule has 1 saturated heterocycles. The van der Waals surface area contributed by atoms with Crippen LogP contribution in [0.2, 0.25) is 0 Å². The average molecular weight is 608 g/mol. The van der Waals surface area contributed by atoms with Crippen LogP contribution >= 0.6 is 0 Å². The Morgan fingerprint density at radius 3 is 2.45 bits per heavy atom. The predicted octanol–water partition coefficient (Wildman–Crippen LogP) is 7.26. The number of anilines is 1. The van der Waals surface area contributed by atoms with Crippen LogP contribution < -0.4 is 4.90 Å². The lowest BCUT2D eigenvalue weighted by Gasteiger charge is -2.54. The van der Waals surface area contributed by atoms with Gasteiger partial charge in [0.25, 0.3) is 0 Å². The van der Waals surface area contributed by atoms with Gasteiger partial charge in [-0.05, 0) is 110 Å². The number of benzene rings is 1. The van der Waals surface area contributed by atoms with Crippen molar-refractivity contribution in [3.63, 3.8) is 0 Å². The molecule has 44 heavy (non-hydrogen) atoms. The van der Waals surface area contributed by atoms with Crippen molar-refractivity contribution in [1.29, 1.82) is 0 Å². The molecule has 0 bridgehead atoms. The number of allylic oxidation sites excluding steroid dienone is 4. The minimum absolute atomic E-state index is 0.0585. The molecule has 0 aromatic heterocycles. The molecule has 6 rings (SSSR count). The van der Waals surface area contributed by atoms with Gasteiger partial charge in [-0.15, -0.1) is 0 Å². The van der Waals surface area contributed by atoms with E-state index in [1.165, 1.54) is 30.4 Å². The third-order valence-electron chi connectivity index (χ3n) is 11.2. The summed E-state index contributed by atoms with van der Waals surface area (Å²) in [5, 5.41) is 0. The second kappa shape index (κ2) is 11.5. The summed E-state index contributed by atoms with van der Waals surface area (Å²) in [6.07, 6.45) is 4.47. The summed E-state index contributed by atoms with van der Waals surface area (Å²) in [4.78, 5) is 40.4. The number of halogens is 3. The van der Waals surface area contributed by atoms with Crippen LogP contribution in [0.3, 0.4) is 0 Å². The van der Waals surface area contributed by atoms with E-state index in [4.69, 9.17) is 4.74 Å². The number of rotatable bonds is 5. The fraction of sp³-hybridized carbons (Fsp3) is 0.583. The Morgan fingerprint density at radius 2 is 1.77 bits per heavy atom. The van der Waals surface area contributed by atoms with Crippen molar-refractivity contribution < 1.29 is 32.3 Å². The van der Waals surface area contributed by atoms with Gasteiger partial charge in [0.15, 0.2) is 18.2 Å². The molecule has 2 saturated carbocycles. The number of ketones is 2. The Kier molecular flexibility index (Phi) is 8.05. The Labute approximate surface area is 257 Å². The first-order valence-corrected chi connectivity index (χ1v) is 16.0. The van der Waals surface area contributed by atoms with E-state index < -0.39 is 35.4 Å². The number of piperidine rings is 1. The largest absolute Gasteiger partial charge is 0.458 e. The van der Waals surface area contributed by atoms with E-state index in [-0.39, 0.29) is 30.0 Å². The van der Waals surface area contributed by atoms with Crippen LogP contribution in [0.4, 0.5) is 18.9 Å². The lowest BCUT2D eigenvalue weighted by atomic mass is 9.48. The number of nitrogens with zero attached hydrogens (tertiary/aromatic N) is 1. The minimum Gasteiger partial charge on any atom is -0.458 e. The summed E-state index contributed by atoms with van der Waals surface area (Å²) in [5.74, 6) is 2.78. The molecule has 4 aliphatic carbocycles. The van der Waals surface area contributed by atoms with Gasteiger partial charge in [0.2, 0.25) is 0 Å². The Morgan fingerprint density at radius 1 is 1.05 bits per heavy atom. The van der Waals surface area contributed by atoms with E-state index in [0.29, 0.717) is 25.7 Å². The second-order valence-corrected chi connectivity index (χ2v) is 13.5. The van der Waals surface area contributed by atoms with E-state index >= 15 is 0 Å². The molecule has 1 heterocycles. The van der Waals surface area contributed by atoms with E-state index in [1.54, 1.807) is 6.08 Å². The number of carbonyl (C=O) groups is 3. The van der Waals surface area contributed by atoms with Crippen LogP contribution in [0.1, 0.15) is 89.5 Å². The van der Waals surface area contributed by atoms with Gasteiger partial charge >= 0.3 is 12.1 Å². The highest BCUT2D eigenvalue weighted by molar-refractivity contribution is 5.93. The highest BCUT2D eigenvalue weighted by atomic mass is 19.4. The first-order valence-electron chi connectivity index (χ1n) is 16.0. The summed E-state index contributed by atoms with van der Waals surface area (Å²) in [6.45, 7) is 4.59. The maximum atomic E-state index is 13.9. The molecular formula is C36H40F3NO4. The monoisotopic (exact) mass is 607 g/mol. The number of hydrogen-bond acceptors (Lipinski definition) is 5. The van der Waals surface area contributed by atoms with Gasteiger partial charge in [-0.3, -0.25) is 14.4 Å². The predicted molar refractivity (Wildman–Crippen MR) is 161 cm³/mol. The Hall–Kier alpha value is -3.34. The van der Waals surface area contributed by atoms with E-state index in [0.717, 1.165) is 55.6 Å². The average Bonchev–Trinajstić information content (AvgIpc) is 3.31. The van der Waals surface area contributed by atoms with Crippen molar-refractivity contribution in [2.45, 2.75) is 90.1 Å². The topological polar surface area (TPSA) is 63.7 Å². The number of Topliss-reactive ketones (excluding diaryl/α,β-unsaturated/α-hetero) is 1. The molecule has 8 heteroatoms. The first kappa shape index (κ1) is 30.7. The molecule has 1 aliphatic heterocycles. The molecule has 5 atom stereocenters. The SMILES string of the molecule is CC(=O)OCC(=O)[C@@]1(C#CC(F)(F)F)CC[C@H]2[C@@H]3CCC4=CC(=O)CCC4=C3C(c3ccc(N4CCCCC4)cc3)C[C@@]21C. The summed E-state index contributed by atoms with van der Waals surface area (Å²) in [6, 6.07) is 8.59. The maximum absolute atomic E-state index is 13.9. The zero-order valence-electron chi connectivity index (χ0n) is 25.5. The molecular weight excluding hydrogens is 567 g/mol. The van der Waals surface area contributed by atoms with Crippen LogP contribution in [0.15, 0.2) is 47.1 Å². The molecule has 1 aromatic carbocycles. The minimum atomic E-state index is -4.76. The normalized spacial score (nSPS) is 31.7. The van der Waals surface area contributed by atoms with Gasteiger partial charge in [0, 0.05) is 44.0 Å². The standard InChI is InChI=1S/C36H40F3NO4/c1-23(41)44-22-32(43)35(16-17-36(37,38)39)15-14-31-29-12-8-25-20-27(42)11-13-28(25)33(29)30(21-34(31,35)2)24-6-9-26(10-7-24)40-18-4-3-5-19-40/h6-7,9-10,20,29-31H,3-5,8,11-15,18-19,21-22H2,1-2H3/t29-,30?,31-,34-,35-/m0/s1. The zero-order valence-corrected chi connectivity index (χ0v) is 25.5. The molecule has 0 amide bonds. The fourth-order valence-corrected chi connectivity index (χ4v) is 9.26. The van der Waals surface area contributed by atoms with Crippen LogP contribution in [-0.2, 0) is 19.1 Å². The number of fused-ring (bicyclic) bond motifs is 4. The van der Waals surface area contributed by atoms with Gasteiger partial charge < -0.3 is 9.64 Å². The van der Waals surface area contributed by atoms with Gasteiger partial charge in [0.1, 0.15) is 0 Å². The van der Waals surface area contributed by atoms with Crippen molar-refractivity contribution in [3.8, 4) is 11.8 Å². The fourth-order valence-electron chi connectivity index (χ4n) is 9.26. The van der Waals surface area contributed by atoms with Crippen molar-refractivity contribution in [2.24, 2.45) is 22.7 Å². The lowest BCUT2D eigenvalue weighted by molar-refractivity contribution is -0.150. The molecule has 234 valence electrons. The van der Waals surface area contributed by atoms with E-state index in [1.807, 2.05) is 6.92 Å². The summed E-state index contributed by atoms with van der Waals surface area (Å²) >= 11 is 0.